The van der Waals surface area contributed by atoms with Crippen molar-refractivity contribution in [3.05, 3.63) is 0 Å². The van der Waals surface area contributed by atoms with Gasteiger partial charge in [0.25, 0.3) is 0 Å². The summed E-state index contributed by atoms with van der Waals surface area (Å²) >= 11 is 0. The number of ether oxygens (including phenoxy) is 1. The number of hydrogen-bond acceptors (Lipinski definition) is 4. The molecule has 5 aliphatic carbocycles. The Morgan fingerprint density at radius 2 is 1.64 bits per heavy atom. The quantitative estimate of drug-likeness (QED) is 0.478. The molecule has 3 unspecified atom stereocenters. The third-order valence-electron chi connectivity index (χ3n) is 14.1. The molecular weight excluding hydrogens is 507 g/mol. The molecule has 12 atom stereocenters. The summed E-state index contributed by atoms with van der Waals surface area (Å²) in [6.45, 7) is 11.1. The number of carbonyl (C=O) groups excluding carboxylic acids is 1. The summed E-state index contributed by atoms with van der Waals surface area (Å²) in [7, 11) is 0. The zero-order chi connectivity index (χ0) is 28.6. The lowest BCUT2D eigenvalue weighted by Crippen LogP contribution is -2.59. The number of amides is 1. The van der Waals surface area contributed by atoms with Crippen LogP contribution in [0.3, 0.4) is 0 Å². The first kappa shape index (κ1) is 28.3. The lowest BCUT2D eigenvalue weighted by molar-refractivity contribution is -0.183. The predicted octanol–water partition coefficient (Wildman–Crippen LogP) is 5.57. The molecule has 0 aromatic heterocycles. The van der Waals surface area contributed by atoms with Crippen molar-refractivity contribution in [2.24, 2.45) is 50.7 Å². The number of aliphatic hydroxyl groups excluding tert-OH is 2. The van der Waals surface area contributed by atoms with Gasteiger partial charge in [0.05, 0.1) is 24.4 Å². The molecule has 0 radical (unpaired) electrons. The standard InChI is InChI=1S/C31H48F3NO4/c1-17-13-19(14-35(18(2)36)16-31(32,33)34)39-24-23(17)27(5)11-12-30-15-29(30)10-9-22(37)26(3,4)20(29)7-8-21(30)28(27,6)25(24)38/h17,19-25,37-38H,7-16H2,1-6H3/t17-,19-,20?,21?,22+,23?,24+,25+,27-,28-,29-,30+/m1/s1. The highest BCUT2D eigenvalue weighted by Gasteiger charge is 2.84. The fraction of sp³-hybridized carbons (Fsp3) is 0.968. The van der Waals surface area contributed by atoms with Gasteiger partial charge in [0.1, 0.15) is 6.54 Å². The monoisotopic (exact) mass is 555 g/mol. The van der Waals surface area contributed by atoms with E-state index >= 15 is 0 Å². The normalized spacial score (nSPS) is 53.5. The molecule has 6 rings (SSSR count). The van der Waals surface area contributed by atoms with E-state index in [0.717, 1.165) is 43.4 Å². The SMILES string of the molecule is CC(=O)N(C[C@H]1C[C@@H](C)C2[C@H](O1)[C@H](O)[C@@]1(C)C3CCC4C(C)(C)[C@@H](O)CC[C@@]45C[C@@]35CC[C@]21C)CC(F)(F)F. The number of nitrogens with zero attached hydrogens (tertiary/aromatic N) is 1. The molecule has 6 aliphatic rings. The summed E-state index contributed by atoms with van der Waals surface area (Å²) in [5.41, 5.74) is -0.100. The first-order valence-electron chi connectivity index (χ1n) is 15.3. The maximum atomic E-state index is 13.2. The number of fused-ring (bicyclic) bond motifs is 4. The van der Waals surface area contributed by atoms with E-state index in [4.69, 9.17) is 4.74 Å². The maximum Gasteiger partial charge on any atom is 0.406 e. The minimum atomic E-state index is -4.46. The van der Waals surface area contributed by atoms with Crippen LogP contribution in [0.4, 0.5) is 13.2 Å². The first-order chi connectivity index (χ1) is 17.9. The molecule has 8 heteroatoms. The van der Waals surface area contributed by atoms with Gasteiger partial charge < -0.3 is 19.8 Å². The van der Waals surface area contributed by atoms with Gasteiger partial charge in [0.15, 0.2) is 0 Å². The van der Waals surface area contributed by atoms with Crippen molar-refractivity contribution >= 4 is 5.91 Å². The molecule has 5 saturated carbocycles. The van der Waals surface area contributed by atoms with E-state index in [1.54, 1.807) is 0 Å². The highest BCUT2D eigenvalue weighted by atomic mass is 19.4. The molecule has 2 N–H and O–H groups in total. The van der Waals surface area contributed by atoms with Crippen LogP contribution in [0.1, 0.15) is 92.9 Å². The van der Waals surface area contributed by atoms with Crippen LogP contribution in [0.5, 0.6) is 0 Å². The molecule has 222 valence electrons. The van der Waals surface area contributed by atoms with E-state index in [9.17, 15) is 28.2 Å². The Labute approximate surface area is 231 Å². The van der Waals surface area contributed by atoms with Gasteiger partial charge in [-0.25, -0.2) is 0 Å². The summed E-state index contributed by atoms with van der Waals surface area (Å²) in [5.74, 6) is 0.585. The smallest absolute Gasteiger partial charge is 0.393 e. The second-order valence-electron chi connectivity index (χ2n) is 15.7. The summed E-state index contributed by atoms with van der Waals surface area (Å²) in [4.78, 5) is 12.9. The first-order valence-corrected chi connectivity index (χ1v) is 15.3. The van der Waals surface area contributed by atoms with Crippen molar-refractivity contribution in [2.75, 3.05) is 13.1 Å². The third kappa shape index (κ3) is 3.52. The zero-order valence-corrected chi connectivity index (χ0v) is 24.5. The molecule has 6 fully saturated rings. The van der Waals surface area contributed by atoms with Crippen LogP contribution >= 0.6 is 0 Å². The van der Waals surface area contributed by atoms with Gasteiger partial charge in [-0.1, -0.05) is 34.6 Å². The van der Waals surface area contributed by atoms with Crippen molar-refractivity contribution in [3.8, 4) is 0 Å². The average molecular weight is 556 g/mol. The van der Waals surface area contributed by atoms with Gasteiger partial charge in [-0.2, -0.15) is 13.2 Å². The second-order valence-corrected chi connectivity index (χ2v) is 15.7. The Hall–Kier alpha value is -0.860. The van der Waals surface area contributed by atoms with E-state index in [-0.39, 0.29) is 51.6 Å². The van der Waals surface area contributed by atoms with Crippen LogP contribution in [0.25, 0.3) is 0 Å². The molecule has 1 saturated heterocycles. The number of rotatable bonds is 3. The van der Waals surface area contributed by atoms with Crippen molar-refractivity contribution < 1.29 is 32.9 Å². The van der Waals surface area contributed by atoms with E-state index in [2.05, 4.69) is 34.6 Å². The Morgan fingerprint density at radius 1 is 1.00 bits per heavy atom. The summed E-state index contributed by atoms with van der Waals surface area (Å²) in [6, 6.07) is 0. The fourth-order valence-electron chi connectivity index (χ4n) is 12.3. The number of carbonyl (C=O) groups is 1. The molecule has 1 aliphatic heterocycles. The Balaban J connectivity index is 1.29. The Kier molecular flexibility index (Phi) is 6.07. The van der Waals surface area contributed by atoms with Gasteiger partial charge in [0.2, 0.25) is 5.91 Å². The molecule has 2 spiro atoms. The van der Waals surface area contributed by atoms with Gasteiger partial charge in [-0.15, -0.1) is 0 Å². The largest absolute Gasteiger partial charge is 0.406 e. The van der Waals surface area contributed by atoms with E-state index in [1.807, 2.05) is 0 Å². The number of aliphatic hydroxyl groups is 2. The average Bonchev–Trinajstić information content (AvgIpc) is 3.45. The molecule has 0 aromatic carbocycles. The molecule has 1 heterocycles. The van der Waals surface area contributed by atoms with Gasteiger partial charge in [-0.3, -0.25) is 4.79 Å². The number of alkyl halides is 3. The maximum absolute atomic E-state index is 13.2. The van der Waals surface area contributed by atoms with E-state index < -0.39 is 36.9 Å². The minimum Gasteiger partial charge on any atom is -0.393 e. The highest BCUT2D eigenvalue weighted by molar-refractivity contribution is 5.73. The Bertz CT molecular complexity index is 1030. The Morgan fingerprint density at radius 3 is 2.28 bits per heavy atom. The second kappa shape index (κ2) is 8.37. The van der Waals surface area contributed by atoms with Gasteiger partial charge in [-0.05, 0) is 96.7 Å². The van der Waals surface area contributed by atoms with Crippen molar-refractivity contribution in [2.45, 2.75) is 124 Å². The van der Waals surface area contributed by atoms with Crippen molar-refractivity contribution in [3.63, 3.8) is 0 Å². The number of halogens is 3. The number of hydrogen-bond donors (Lipinski definition) is 2. The molecular formula is C31H48F3NO4. The lowest BCUT2D eigenvalue weighted by Gasteiger charge is -2.63. The fourth-order valence-corrected chi connectivity index (χ4v) is 12.3. The minimum absolute atomic E-state index is 0.0967. The molecule has 0 aromatic rings. The van der Waals surface area contributed by atoms with E-state index in [0.29, 0.717) is 18.3 Å². The van der Waals surface area contributed by atoms with Crippen molar-refractivity contribution in [1.29, 1.82) is 0 Å². The summed E-state index contributed by atoms with van der Waals surface area (Å²) in [6.07, 6.45) is 1.66. The third-order valence-corrected chi connectivity index (χ3v) is 14.1. The van der Waals surface area contributed by atoms with Gasteiger partial charge in [0, 0.05) is 18.9 Å². The van der Waals surface area contributed by atoms with Crippen LogP contribution in [-0.2, 0) is 9.53 Å². The predicted molar refractivity (Wildman–Crippen MR) is 140 cm³/mol. The molecule has 5 nitrogen and oxygen atoms in total. The zero-order valence-electron chi connectivity index (χ0n) is 24.5. The summed E-state index contributed by atoms with van der Waals surface area (Å²) in [5, 5.41) is 23.1. The van der Waals surface area contributed by atoms with Gasteiger partial charge >= 0.3 is 6.18 Å². The highest BCUT2D eigenvalue weighted by Crippen LogP contribution is 2.89. The van der Waals surface area contributed by atoms with Crippen LogP contribution < -0.4 is 0 Å². The molecule has 0 bridgehead atoms. The topological polar surface area (TPSA) is 70.0 Å². The lowest BCUT2D eigenvalue weighted by atomic mass is 9.41. The molecule has 1 amide bonds. The van der Waals surface area contributed by atoms with Crippen LogP contribution in [0.15, 0.2) is 0 Å². The van der Waals surface area contributed by atoms with Crippen LogP contribution in [0, 0.1) is 50.7 Å². The van der Waals surface area contributed by atoms with Crippen molar-refractivity contribution in [1.82, 2.24) is 4.90 Å². The van der Waals surface area contributed by atoms with Crippen LogP contribution in [-0.4, -0.2) is 64.7 Å². The summed E-state index contributed by atoms with van der Waals surface area (Å²) < 4.78 is 46.1. The van der Waals surface area contributed by atoms with E-state index in [1.165, 1.54) is 13.3 Å². The van der Waals surface area contributed by atoms with Crippen LogP contribution in [0.2, 0.25) is 0 Å². The molecule has 39 heavy (non-hydrogen) atoms.